The monoisotopic (exact) mass is 1080 g/mol. The molecule has 4 aliphatic heterocycles. The quantitative estimate of drug-likeness (QED) is 0.0376. The van der Waals surface area contributed by atoms with Gasteiger partial charge in [0.2, 0.25) is 35.4 Å². The number of nitrogens with one attached hydrogen (secondary N) is 4. The van der Waals surface area contributed by atoms with Crippen LogP contribution in [0.15, 0.2) is 103 Å². The summed E-state index contributed by atoms with van der Waals surface area (Å²) in [6, 6.07) is 24.5. The van der Waals surface area contributed by atoms with Gasteiger partial charge in [0.05, 0.1) is 12.1 Å². The molecule has 6 N–H and O–H groups in total. The number of Topliss-reactive ketones (excluding diaryl/α,β-unsaturated/α-hetero) is 1. The number of nitrogens with zero attached hydrogens (tertiary/aromatic N) is 3. The fraction of sp³-hybridized carbons (Fsp3) is 0.383. The van der Waals surface area contributed by atoms with E-state index in [4.69, 9.17) is 5.73 Å². The molecule has 410 valence electrons. The first-order chi connectivity index (χ1) is 37.9. The van der Waals surface area contributed by atoms with E-state index in [0.29, 0.717) is 54.1 Å². The Labute approximate surface area is 455 Å². The molecule has 0 radical (unpaired) electrons. The van der Waals surface area contributed by atoms with Crippen LogP contribution in [0.1, 0.15) is 139 Å². The van der Waals surface area contributed by atoms with Crippen LogP contribution in [0, 0.1) is 11.8 Å². The third-order valence-corrected chi connectivity index (χ3v) is 15.4. The Balaban J connectivity index is 0.880. The Bertz CT molecular complexity index is 3220. The molecule has 4 aliphatic rings. The molecule has 0 saturated carbocycles. The number of halogens is 2. The molecule has 1 aromatic heterocycles. The number of ketones is 1. The van der Waals surface area contributed by atoms with E-state index in [2.05, 4.69) is 32.8 Å². The third kappa shape index (κ3) is 12.8. The van der Waals surface area contributed by atoms with E-state index in [1.165, 1.54) is 39.0 Å². The lowest BCUT2D eigenvalue weighted by molar-refractivity contribution is -0.141. The number of piperidine rings is 1. The summed E-state index contributed by atoms with van der Waals surface area (Å²) in [7, 11) is 0. The Hall–Kier alpha value is -8.53. The van der Waals surface area contributed by atoms with Gasteiger partial charge in [0.25, 0.3) is 17.7 Å². The van der Waals surface area contributed by atoms with Crippen molar-refractivity contribution in [2.45, 2.75) is 133 Å². The van der Waals surface area contributed by atoms with Crippen molar-refractivity contribution in [1.82, 2.24) is 35.6 Å². The van der Waals surface area contributed by atoms with E-state index < -0.39 is 65.7 Å². The van der Waals surface area contributed by atoms with Crippen molar-refractivity contribution < 1.29 is 51.9 Å². The number of benzene rings is 4. The normalized spacial score (nSPS) is 19.5. The smallest absolute Gasteiger partial charge is 0.270 e. The van der Waals surface area contributed by atoms with Crippen LogP contribution in [0.4, 0.5) is 8.78 Å². The van der Waals surface area contributed by atoms with E-state index in [1.807, 2.05) is 66.7 Å². The summed E-state index contributed by atoms with van der Waals surface area (Å²) < 4.78 is 28.5. The molecule has 3 saturated heterocycles. The minimum atomic E-state index is -3.14. The number of fused-ring (bicyclic) bond motifs is 3. The molecule has 4 aromatic carbocycles. The molecule has 5 aromatic rings. The van der Waals surface area contributed by atoms with E-state index in [9.17, 15) is 51.9 Å². The molecule has 3 fully saturated rings. The zero-order chi connectivity index (χ0) is 56.0. The lowest BCUT2D eigenvalue weighted by atomic mass is 9.85. The molecule has 5 heterocycles. The highest BCUT2D eigenvalue weighted by Crippen LogP contribution is 2.34. The van der Waals surface area contributed by atoms with Crippen LogP contribution in [0.3, 0.4) is 0 Å². The predicted molar refractivity (Wildman–Crippen MR) is 287 cm³/mol. The summed E-state index contributed by atoms with van der Waals surface area (Å²) >= 11 is 0. The van der Waals surface area contributed by atoms with Crippen LogP contribution in [0.5, 0.6) is 0 Å². The maximum atomic E-state index is 14.9. The van der Waals surface area contributed by atoms with Crippen LogP contribution >= 0.6 is 0 Å². The minimum Gasteiger partial charge on any atom is -0.370 e. The van der Waals surface area contributed by atoms with Crippen molar-refractivity contribution in [3.05, 3.63) is 142 Å². The summed E-state index contributed by atoms with van der Waals surface area (Å²) in [4.78, 5) is 129. The minimum absolute atomic E-state index is 0.0173. The zero-order valence-electron chi connectivity index (χ0n) is 43.7. The highest BCUT2D eigenvalue weighted by atomic mass is 19.3. The molecule has 8 amide bonds. The Morgan fingerprint density at radius 3 is 2.27 bits per heavy atom. The van der Waals surface area contributed by atoms with E-state index >= 15 is 0 Å². The first-order valence-electron chi connectivity index (χ1n) is 26.8. The standard InChI is InChI=1S/C60H62F2N8O9/c1-60(61,62)40-22-24-45-39(30-40)31-47(64-45)55(75)66-48-35-68(54(74)21-12-4-2-3-7-18-38-19-13-20-42-44(38)34-69(58(42)78)49-27-29-53(73)67-56(49)76)33-41-23-26-50(70(41)59(48)79)57(77)65-46(25-28-52(63)72)51(71)32-43(36-14-8-5-9-15-36)37-16-10-6-11-17-37/h5-6,8-11,13-17,19-20,22,24,30-31,41,43,46,48-50,64H,2-4,12,21,23,25-29,32-35H2,1H3,(H2,63,72)(H,65,77)(H,66,75)(H,67,73,76)/t41-,46+,48+,49?,50+/m1/s1. The maximum absolute atomic E-state index is 14.9. The Kier molecular flexibility index (Phi) is 16.8. The number of aromatic amines is 1. The van der Waals surface area contributed by atoms with Crippen molar-refractivity contribution in [2.24, 2.45) is 5.73 Å². The van der Waals surface area contributed by atoms with Crippen LogP contribution in [0.25, 0.3) is 10.9 Å². The second-order valence-electron chi connectivity index (χ2n) is 20.9. The molecule has 0 bridgehead atoms. The van der Waals surface area contributed by atoms with Crippen molar-refractivity contribution in [3.8, 4) is 11.8 Å². The third-order valence-electron chi connectivity index (χ3n) is 15.4. The van der Waals surface area contributed by atoms with Gasteiger partial charge in [-0.2, -0.15) is 0 Å². The van der Waals surface area contributed by atoms with E-state index in [-0.39, 0.29) is 105 Å². The second kappa shape index (κ2) is 24.0. The van der Waals surface area contributed by atoms with Crippen molar-refractivity contribution in [1.29, 1.82) is 0 Å². The number of hydrogen-bond acceptors (Lipinski definition) is 9. The summed E-state index contributed by atoms with van der Waals surface area (Å²) in [5.74, 6) is -1.61. The van der Waals surface area contributed by atoms with Gasteiger partial charge in [-0.25, -0.2) is 8.78 Å². The number of alkyl halides is 2. The number of imide groups is 1. The van der Waals surface area contributed by atoms with Crippen LogP contribution in [0.2, 0.25) is 0 Å². The number of amides is 8. The number of H-pyrrole nitrogens is 1. The maximum Gasteiger partial charge on any atom is 0.270 e. The first kappa shape index (κ1) is 55.2. The number of carbonyl (C=O) groups is 9. The molecule has 79 heavy (non-hydrogen) atoms. The SMILES string of the molecule is CC(F)(F)c1ccc2[nH]c(C(=O)N[C@H]3CN(C(=O)CCCCCC#Cc4cccc5c4CN(C4CCC(=O)NC4=O)C5=O)C[C@H]4CC[C@@H](C(=O)N[C@@H](CCC(N)=O)C(=O)CC(c5ccccc5)c5ccccc5)N4C3=O)cc2c1. The number of nitrogens with two attached hydrogens (primary N) is 1. The van der Waals surface area contributed by atoms with E-state index in [1.54, 1.807) is 12.1 Å². The second-order valence-corrected chi connectivity index (χ2v) is 20.9. The molecule has 0 spiro atoms. The Morgan fingerprint density at radius 2 is 1.57 bits per heavy atom. The molecular weight excluding hydrogens is 1010 g/mol. The van der Waals surface area contributed by atoms with Crippen LogP contribution < -0.4 is 21.7 Å². The summed E-state index contributed by atoms with van der Waals surface area (Å²) in [6.45, 7) is 0.792. The predicted octanol–water partition coefficient (Wildman–Crippen LogP) is 5.88. The van der Waals surface area contributed by atoms with Gasteiger partial charge < -0.3 is 36.1 Å². The van der Waals surface area contributed by atoms with Gasteiger partial charge in [-0.3, -0.25) is 48.5 Å². The fourth-order valence-electron chi connectivity index (χ4n) is 11.2. The van der Waals surface area contributed by atoms with Crippen LogP contribution in [-0.2, 0) is 46.0 Å². The molecule has 9 rings (SSSR count). The highest BCUT2D eigenvalue weighted by molar-refractivity contribution is 6.06. The average Bonchev–Trinajstić information content (AvgIpc) is 4.35. The topological polar surface area (TPSA) is 241 Å². The Morgan fingerprint density at radius 1 is 0.835 bits per heavy atom. The van der Waals surface area contributed by atoms with Gasteiger partial charge in [-0.15, -0.1) is 0 Å². The molecule has 5 atom stereocenters. The zero-order valence-corrected chi connectivity index (χ0v) is 43.7. The summed E-state index contributed by atoms with van der Waals surface area (Å²) in [5, 5.41) is 8.29. The van der Waals surface area contributed by atoms with Gasteiger partial charge in [-0.1, -0.05) is 91.1 Å². The molecule has 1 unspecified atom stereocenters. The number of unbranched alkanes of at least 4 members (excludes halogenated alkanes) is 3. The lowest BCUT2D eigenvalue weighted by Crippen LogP contribution is -2.57. The molecule has 17 nitrogen and oxygen atoms in total. The summed E-state index contributed by atoms with van der Waals surface area (Å²) in [6.07, 6.45) is 2.92. The first-order valence-corrected chi connectivity index (χ1v) is 26.8. The number of carbonyl (C=O) groups excluding carboxylic acids is 9. The van der Waals surface area contributed by atoms with Gasteiger partial charge in [0, 0.05) is 92.2 Å². The number of hydrogen-bond donors (Lipinski definition) is 5. The fourth-order valence-corrected chi connectivity index (χ4v) is 11.2. The van der Waals surface area contributed by atoms with Crippen molar-refractivity contribution >= 4 is 63.9 Å². The van der Waals surface area contributed by atoms with Crippen molar-refractivity contribution in [2.75, 3.05) is 13.1 Å². The largest absolute Gasteiger partial charge is 0.370 e. The highest BCUT2D eigenvalue weighted by Gasteiger charge is 2.48. The van der Waals surface area contributed by atoms with Gasteiger partial charge in [0.1, 0.15) is 23.8 Å². The molecule has 19 heteroatoms. The van der Waals surface area contributed by atoms with E-state index in [0.717, 1.165) is 23.6 Å². The average molecular weight is 1080 g/mol. The molecule has 0 aliphatic carbocycles. The summed E-state index contributed by atoms with van der Waals surface area (Å²) in [5.41, 5.74) is 9.31. The number of rotatable bonds is 19. The number of primary amides is 1. The van der Waals surface area contributed by atoms with Gasteiger partial charge >= 0.3 is 0 Å². The van der Waals surface area contributed by atoms with Crippen LogP contribution in [-0.4, -0.2) is 116 Å². The van der Waals surface area contributed by atoms with Gasteiger partial charge in [0.15, 0.2) is 5.78 Å². The number of aromatic nitrogens is 1. The molecular formula is C60H62F2N8O9. The lowest BCUT2D eigenvalue weighted by Gasteiger charge is -2.31. The van der Waals surface area contributed by atoms with Crippen molar-refractivity contribution in [3.63, 3.8) is 0 Å². The van der Waals surface area contributed by atoms with Gasteiger partial charge in [-0.05, 0) is 85.5 Å².